The topological polar surface area (TPSA) is 3.24 Å². The van der Waals surface area contributed by atoms with Crippen molar-refractivity contribution in [2.45, 2.75) is 18.0 Å². The average molecular weight is 331 g/mol. The van der Waals surface area contributed by atoms with Crippen LogP contribution >= 0.6 is 0 Å². The largest absolute Gasteiger partial charge is 0.402 e. The molecule has 0 unspecified atom stereocenters. The Hall–Kier alpha value is -1.59. The number of fused-ring (bicyclic) bond motifs is 1. The number of alkyl halides is 6. The molecule has 0 aromatic heterocycles. The van der Waals surface area contributed by atoms with Crippen molar-refractivity contribution in [3.63, 3.8) is 0 Å². The summed E-state index contributed by atoms with van der Waals surface area (Å²) in [6, 6.07) is -12.2. The Morgan fingerprint density at radius 1 is 0.619 bits per heavy atom. The van der Waals surface area contributed by atoms with Crippen LogP contribution in [0.25, 0.3) is 0 Å². The number of hydrogen-bond donors (Lipinski definition) is 0. The van der Waals surface area contributed by atoms with E-state index >= 15 is 0 Å². The Labute approximate surface area is 107 Å². The van der Waals surface area contributed by atoms with Crippen molar-refractivity contribution in [1.82, 2.24) is 5.12 Å². The van der Waals surface area contributed by atoms with Crippen LogP contribution in [-0.2, 0) is 12.0 Å². The first-order valence-electron chi connectivity index (χ1n) is 4.76. The van der Waals surface area contributed by atoms with Gasteiger partial charge in [0.2, 0.25) is 0 Å². The molecule has 12 heteroatoms. The average Bonchev–Trinajstić information content (AvgIpc) is 2.37. The number of nitrogens with zero attached hydrogens (tertiary/aromatic N) is 1. The molecule has 0 amide bonds. The van der Waals surface area contributed by atoms with Gasteiger partial charge in [0.05, 0.1) is 11.1 Å². The van der Waals surface area contributed by atoms with E-state index in [0.29, 0.717) is 0 Å². The summed E-state index contributed by atoms with van der Waals surface area (Å²) >= 11 is 0. The van der Waals surface area contributed by atoms with Crippen LogP contribution in [0.15, 0.2) is 0 Å². The number of halogens is 11. The summed E-state index contributed by atoms with van der Waals surface area (Å²) in [6.07, 6.45) is 0. The molecular weight excluding hydrogens is 331 g/mol. The van der Waals surface area contributed by atoms with Gasteiger partial charge in [-0.25, -0.2) is 17.6 Å². The van der Waals surface area contributed by atoms with Gasteiger partial charge in [0.1, 0.15) is 0 Å². The molecule has 1 aromatic carbocycles. The summed E-state index contributed by atoms with van der Waals surface area (Å²) in [7, 11) is 0. The van der Waals surface area contributed by atoms with Gasteiger partial charge in [0, 0.05) is 0 Å². The molecule has 1 heterocycles. The van der Waals surface area contributed by atoms with E-state index in [-0.39, 0.29) is 0 Å². The summed E-state index contributed by atoms with van der Waals surface area (Å²) in [6.45, 7) is 0. The van der Waals surface area contributed by atoms with E-state index in [4.69, 9.17) is 0 Å². The van der Waals surface area contributed by atoms with Crippen LogP contribution in [-0.4, -0.2) is 11.2 Å². The molecule has 0 bridgehead atoms. The monoisotopic (exact) mass is 331 g/mol. The molecule has 0 N–H and O–H groups in total. The summed E-state index contributed by atoms with van der Waals surface area (Å²) in [4.78, 5) is 0. The highest BCUT2D eigenvalue weighted by Gasteiger charge is 2.76. The second kappa shape index (κ2) is 3.99. The van der Waals surface area contributed by atoms with Gasteiger partial charge in [-0.2, -0.15) is 26.3 Å². The maximum Gasteiger partial charge on any atom is 0.402 e. The third-order valence-electron chi connectivity index (χ3n) is 2.75. The lowest BCUT2D eigenvalue weighted by atomic mass is 9.92. The molecule has 1 aliphatic heterocycles. The van der Waals surface area contributed by atoms with Gasteiger partial charge in [-0.15, -0.1) is 4.48 Å². The first-order chi connectivity index (χ1) is 9.29. The van der Waals surface area contributed by atoms with Crippen molar-refractivity contribution < 1.29 is 48.4 Å². The fourth-order valence-corrected chi connectivity index (χ4v) is 1.76. The van der Waals surface area contributed by atoms with Crippen LogP contribution in [0.3, 0.4) is 0 Å². The summed E-state index contributed by atoms with van der Waals surface area (Å²) in [5, 5.41) is -3.04. The quantitative estimate of drug-likeness (QED) is 0.227. The molecule has 0 radical (unpaired) electrons. The second-order valence-electron chi connectivity index (χ2n) is 3.94. The summed E-state index contributed by atoms with van der Waals surface area (Å²) in [5.74, 6) is -18.3. The fraction of sp³-hybridized carbons (Fsp3) is 0.333. The highest BCUT2D eigenvalue weighted by atomic mass is 19.3. The van der Waals surface area contributed by atoms with Crippen molar-refractivity contribution >= 4 is 0 Å². The minimum absolute atomic E-state index is 2.97. The maximum atomic E-state index is 13.3. The molecule has 0 fully saturated rings. The van der Waals surface area contributed by atoms with Crippen LogP contribution in [0.5, 0.6) is 0 Å². The van der Waals surface area contributed by atoms with Crippen molar-refractivity contribution in [3.8, 4) is 0 Å². The maximum absolute atomic E-state index is 13.3. The van der Waals surface area contributed by atoms with Crippen molar-refractivity contribution in [1.29, 1.82) is 0 Å². The third kappa shape index (κ3) is 1.61. The van der Waals surface area contributed by atoms with Crippen LogP contribution in [0.4, 0.5) is 48.4 Å². The Balaban J connectivity index is 3.04. The second-order valence-corrected chi connectivity index (χ2v) is 3.94. The van der Waals surface area contributed by atoms with E-state index in [1.165, 1.54) is 0 Å². The number of hydrogen-bond acceptors (Lipinski definition) is 1. The zero-order chi connectivity index (χ0) is 16.5. The van der Waals surface area contributed by atoms with Gasteiger partial charge < -0.3 is 0 Å². The van der Waals surface area contributed by atoms with E-state index in [1.54, 1.807) is 0 Å². The molecule has 0 saturated carbocycles. The lowest BCUT2D eigenvalue weighted by Gasteiger charge is -2.40. The van der Waals surface area contributed by atoms with E-state index in [2.05, 4.69) is 0 Å². The molecule has 1 aliphatic rings. The van der Waals surface area contributed by atoms with Crippen molar-refractivity contribution in [2.24, 2.45) is 0 Å². The van der Waals surface area contributed by atoms with Crippen molar-refractivity contribution in [2.75, 3.05) is 0 Å². The Kier molecular flexibility index (Phi) is 3.00. The molecule has 0 aliphatic carbocycles. The van der Waals surface area contributed by atoms with Crippen molar-refractivity contribution in [3.05, 3.63) is 34.4 Å². The van der Waals surface area contributed by atoms with Crippen LogP contribution in [0.2, 0.25) is 0 Å². The van der Waals surface area contributed by atoms with Gasteiger partial charge in [-0.05, 0) is 5.12 Å². The molecule has 21 heavy (non-hydrogen) atoms. The van der Waals surface area contributed by atoms with E-state index in [1.807, 2.05) is 0 Å². The van der Waals surface area contributed by atoms with Crippen LogP contribution in [0, 0.1) is 23.3 Å². The standard InChI is InChI=1S/C9F11N/c10-3-1-2(4(11)6(13)5(3)12)8(16,17)21(20)9(18,19)7(1,14)15. The van der Waals surface area contributed by atoms with Gasteiger partial charge in [-0.3, -0.25) is 0 Å². The first-order valence-corrected chi connectivity index (χ1v) is 4.76. The number of benzene rings is 1. The first kappa shape index (κ1) is 15.8. The van der Waals surface area contributed by atoms with Crippen LogP contribution in [0.1, 0.15) is 11.1 Å². The molecule has 0 spiro atoms. The molecule has 0 atom stereocenters. The van der Waals surface area contributed by atoms with Gasteiger partial charge in [0.25, 0.3) is 0 Å². The molecule has 0 saturated heterocycles. The van der Waals surface area contributed by atoms with E-state index < -0.39 is 57.5 Å². The third-order valence-corrected chi connectivity index (χ3v) is 2.75. The molecule has 118 valence electrons. The fourth-order valence-electron chi connectivity index (χ4n) is 1.76. The van der Waals surface area contributed by atoms with E-state index in [9.17, 15) is 48.4 Å². The zero-order valence-electron chi connectivity index (χ0n) is 9.10. The molecule has 2 rings (SSSR count). The SMILES string of the molecule is Fc1c(F)c(F)c2c(c1F)C(F)(F)N(F)C(F)(F)C2(F)F. The minimum atomic E-state index is -6.33. The normalized spacial score (nSPS) is 23.0. The summed E-state index contributed by atoms with van der Waals surface area (Å²) < 4.78 is 144. The predicted octanol–water partition coefficient (Wildman–Crippen LogP) is 4.18. The Morgan fingerprint density at radius 3 is 1.43 bits per heavy atom. The molecular formula is C9F11N. The smallest absolute Gasteiger partial charge is 0.203 e. The Bertz CT molecular complexity index is 623. The van der Waals surface area contributed by atoms with E-state index in [0.717, 1.165) is 0 Å². The lowest BCUT2D eigenvalue weighted by molar-refractivity contribution is -0.430. The minimum Gasteiger partial charge on any atom is -0.203 e. The Morgan fingerprint density at radius 2 is 1.00 bits per heavy atom. The van der Waals surface area contributed by atoms with Crippen LogP contribution < -0.4 is 0 Å². The highest BCUT2D eigenvalue weighted by molar-refractivity contribution is 5.41. The van der Waals surface area contributed by atoms with Gasteiger partial charge in [-0.1, -0.05) is 0 Å². The van der Waals surface area contributed by atoms with Gasteiger partial charge in [0.15, 0.2) is 23.3 Å². The zero-order valence-corrected chi connectivity index (χ0v) is 9.10. The molecule has 1 aromatic rings. The number of rotatable bonds is 0. The highest BCUT2D eigenvalue weighted by Crippen LogP contribution is 2.58. The summed E-state index contributed by atoms with van der Waals surface area (Å²) in [5.41, 5.74) is -6.19. The van der Waals surface area contributed by atoms with Gasteiger partial charge >= 0.3 is 18.0 Å². The lowest BCUT2D eigenvalue weighted by Crippen LogP contribution is -2.60. The predicted molar refractivity (Wildman–Crippen MR) is 42.0 cm³/mol. The molecule has 1 nitrogen and oxygen atoms in total.